The van der Waals surface area contributed by atoms with Crippen molar-refractivity contribution in [2.75, 3.05) is 14.1 Å². The van der Waals surface area contributed by atoms with Crippen molar-refractivity contribution < 1.29 is 0 Å². The number of hydrogen-bond donors (Lipinski definition) is 1. The number of nitrogens with zero attached hydrogens (tertiary/aromatic N) is 1. The molecule has 1 fully saturated rings. The molecule has 0 spiro atoms. The Morgan fingerprint density at radius 2 is 2.06 bits per heavy atom. The summed E-state index contributed by atoms with van der Waals surface area (Å²) < 4.78 is 0. The van der Waals surface area contributed by atoms with Crippen molar-refractivity contribution >= 4 is 17.3 Å². The summed E-state index contributed by atoms with van der Waals surface area (Å²) in [4.78, 5) is 4.48. The van der Waals surface area contributed by atoms with E-state index in [9.17, 15) is 0 Å². The van der Waals surface area contributed by atoms with Gasteiger partial charge in [0, 0.05) is 17.8 Å². The van der Waals surface area contributed by atoms with Gasteiger partial charge in [-0.3, -0.25) is 4.99 Å². The van der Waals surface area contributed by atoms with E-state index in [2.05, 4.69) is 16.4 Å². The molecule has 92 valence electrons. The number of benzene rings is 1. The van der Waals surface area contributed by atoms with Crippen LogP contribution >= 0.6 is 11.6 Å². The van der Waals surface area contributed by atoms with E-state index in [4.69, 9.17) is 11.6 Å². The molecule has 2 nitrogen and oxygen atoms in total. The van der Waals surface area contributed by atoms with Crippen LogP contribution in [0.3, 0.4) is 0 Å². The molecule has 1 aliphatic rings. The average Bonchev–Trinajstić information content (AvgIpc) is 2.39. The molecule has 2 rings (SSSR count). The fourth-order valence-electron chi connectivity index (χ4n) is 2.84. The molecule has 1 N–H and O–H groups in total. The van der Waals surface area contributed by atoms with Crippen LogP contribution in [-0.4, -0.2) is 19.8 Å². The third-order valence-electron chi connectivity index (χ3n) is 3.74. The van der Waals surface area contributed by atoms with Gasteiger partial charge in [-0.2, -0.15) is 0 Å². The summed E-state index contributed by atoms with van der Waals surface area (Å²) in [5.41, 5.74) is 2.22. The predicted octanol–water partition coefficient (Wildman–Crippen LogP) is 3.40. The zero-order valence-electron chi connectivity index (χ0n) is 10.5. The van der Waals surface area contributed by atoms with Crippen molar-refractivity contribution in [3.8, 4) is 0 Å². The molecule has 3 heteroatoms. The molecule has 0 bridgehead atoms. The zero-order chi connectivity index (χ0) is 12.3. The van der Waals surface area contributed by atoms with E-state index < -0.39 is 0 Å². The highest BCUT2D eigenvalue weighted by Crippen LogP contribution is 2.38. The van der Waals surface area contributed by atoms with Gasteiger partial charge in [-0.05, 0) is 37.9 Å². The summed E-state index contributed by atoms with van der Waals surface area (Å²) in [6, 6.07) is 8.08. The van der Waals surface area contributed by atoms with Crippen molar-refractivity contribution in [3.05, 3.63) is 34.9 Å². The van der Waals surface area contributed by atoms with E-state index in [1.54, 1.807) is 0 Å². The molecule has 1 aliphatic carbocycles. The second-order valence-corrected chi connectivity index (χ2v) is 4.92. The van der Waals surface area contributed by atoms with Crippen LogP contribution in [0.4, 0.5) is 0 Å². The minimum atomic E-state index is -0.161. The van der Waals surface area contributed by atoms with Crippen LogP contribution in [0.2, 0.25) is 5.02 Å². The summed E-state index contributed by atoms with van der Waals surface area (Å²) in [5.74, 6) is 0. The third-order valence-corrected chi connectivity index (χ3v) is 4.07. The summed E-state index contributed by atoms with van der Waals surface area (Å²) in [7, 11) is 3.88. The lowest BCUT2D eigenvalue weighted by Gasteiger charge is -2.39. The molecule has 1 atom stereocenters. The van der Waals surface area contributed by atoms with E-state index >= 15 is 0 Å². The highest BCUT2D eigenvalue weighted by Gasteiger charge is 2.38. The van der Waals surface area contributed by atoms with Crippen molar-refractivity contribution in [2.24, 2.45) is 4.99 Å². The van der Waals surface area contributed by atoms with Gasteiger partial charge in [0.15, 0.2) is 0 Å². The van der Waals surface area contributed by atoms with Crippen LogP contribution in [0.15, 0.2) is 29.3 Å². The monoisotopic (exact) mass is 250 g/mol. The van der Waals surface area contributed by atoms with Gasteiger partial charge >= 0.3 is 0 Å². The number of hydrogen-bond acceptors (Lipinski definition) is 2. The lowest BCUT2D eigenvalue weighted by Crippen LogP contribution is -2.49. The Morgan fingerprint density at radius 1 is 1.29 bits per heavy atom. The maximum absolute atomic E-state index is 6.35. The highest BCUT2D eigenvalue weighted by molar-refractivity contribution is 6.31. The lowest BCUT2D eigenvalue weighted by molar-refractivity contribution is 0.399. The molecule has 0 aliphatic heterocycles. The first-order valence-corrected chi connectivity index (χ1v) is 6.52. The number of nitrogens with one attached hydrogen (secondary N) is 1. The molecule has 0 saturated heterocycles. The van der Waals surface area contributed by atoms with Gasteiger partial charge in [0.2, 0.25) is 0 Å². The second-order valence-electron chi connectivity index (χ2n) is 4.51. The molecule has 1 aromatic carbocycles. The molecule has 1 unspecified atom stereocenters. The van der Waals surface area contributed by atoms with Gasteiger partial charge < -0.3 is 5.32 Å². The van der Waals surface area contributed by atoms with E-state index in [1.807, 2.05) is 32.3 Å². The topological polar surface area (TPSA) is 24.4 Å². The Bertz CT molecular complexity index is 428. The Labute approximate surface area is 108 Å². The van der Waals surface area contributed by atoms with E-state index in [0.29, 0.717) is 0 Å². The first-order valence-electron chi connectivity index (χ1n) is 6.14. The Hall–Kier alpha value is -0.860. The van der Waals surface area contributed by atoms with Crippen molar-refractivity contribution in [3.63, 3.8) is 0 Å². The first-order chi connectivity index (χ1) is 8.24. The summed E-state index contributed by atoms with van der Waals surface area (Å²) in [5, 5.41) is 4.28. The zero-order valence-corrected chi connectivity index (χ0v) is 11.2. The van der Waals surface area contributed by atoms with Gasteiger partial charge in [0.1, 0.15) is 0 Å². The van der Waals surface area contributed by atoms with Crippen LogP contribution in [0.25, 0.3) is 0 Å². The molecular weight excluding hydrogens is 232 g/mol. The summed E-state index contributed by atoms with van der Waals surface area (Å²) in [6.07, 6.45) is 4.56. The molecule has 17 heavy (non-hydrogen) atoms. The third kappa shape index (κ3) is 2.12. The second kappa shape index (κ2) is 5.19. The van der Waals surface area contributed by atoms with Gasteiger partial charge in [-0.1, -0.05) is 36.2 Å². The van der Waals surface area contributed by atoms with Crippen molar-refractivity contribution in [1.82, 2.24) is 5.32 Å². The van der Waals surface area contributed by atoms with E-state index in [1.165, 1.54) is 18.6 Å². The molecule has 0 aromatic heterocycles. The average molecular weight is 251 g/mol. The summed E-state index contributed by atoms with van der Waals surface area (Å²) >= 11 is 6.35. The molecule has 0 radical (unpaired) electrons. The number of halogens is 1. The smallest absolute Gasteiger partial charge is 0.0831 e. The van der Waals surface area contributed by atoms with Crippen LogP contribution < -0.4 is 5.32 Å². The highest BCUT2D eigenvalue weighted by atomic mass is 35.5. The molecule has 0 heterocycles. The fourth-order valence-corrected chi connectivity index (χ4v) is 3.14. The molecule has 1 aromatic rings. The quantitative estimate of drug-likeness (QED) is 0.855. The first kappa shape index (κ1) is 12.6. The molecular formula is C14H19ClN2. The van der Waals surface area contributed by atoms with Crippen molar-refractivity contribution in [1.29, 1.82) is 0 Å². The number of rotatable bonds is 2. The maximum Gasteiger partial charge on any atom is 0.0831 e. The minimum Gasteiger partial charge on any atom is -0.306 e. The van der Waals surface area contributed by atoms with Gasteiger partial charge in [0.25, 0.3) is 0 Å². The Kier molecular flexibility index (Phi) is 3.85. The van der Waals surface area contributed by atoms with E-state index in [0.717, 1.165) is 23.4 Å². The van der Waals surface area contributed by atoms with Crippen LogP contribution in [0, 0.1) is 0 Å². The standard InChI is InChI=1S/C14H19ClN2/c1-16-13-9-5-6-10-14(13,17-2)11-7-3-4-8-12(11)15/h3-4,7-8,17H,5-6,9-10H2,1-2H3. The number of aliphatic imine (C=N–C) groups is 1. The minimum absolute atomic E-state index is 0.161. The Morgan fingerprint density at radius 3 is 2.71 bits per heavy atom. The van der Waals surface area contributed by atoms with Crippen LogP contribution in [0.5, 0.6) is 0 Å². The van der Waals surface area contributed by atoms with Gasteiger partial charge in [0.05, 0.1) is 5.54 Å². The largest absolute Gasteiger partial charge is 0.306 e. The van der Waals surface area contributed by atoms with Gasteiger partial charge in [-0.15, -0.1) is 0 Å². The molecule has 1 saturated carbocycles. The fraction of sp³-hybridized carbons (Fsp3) is 0.500. The predicted molar refractivity (Wildman–Crippen MR) is 74.0 cm³/mol. The normalized spacial score (nSPS) is 27.4. The van der Waals surface area contributed by atoms with Crippen molar-refractivity contribution in [2.45, 2.75) is 31.2 Å². The summed E-state index contributed by atoms with van der Waals surface area (Å²) in [6.45, 7) is 0. The van der Waals surface area contributed by atoms with E-state index in [-0.39, 0.29) is 5.54 Å². The lowest BCUT2D eigenvalue weighted by atomic mass is 9.75. The SMILES string of the molecule is CN=C1CCCCC1(NC)c1ccccc1Cl. The Balaban J connectivity index is 2.53. The van der Waals surface area contributed by atoms with Crippen LogP contribution in [0.1, 0.15) is 31.2 Å². The molecule has 0 amide bonds. The maximum atomic E-state index is 6.35. The van der Waals surface area contributed by atoms with Gasteiger partial charge in [-0.25, -0.2) is 0 Å². The van der Waals surface area contributed by atoms with Crippen LogP contribution in [-0.2, 0) is 5.54 Å².